The van der Waals surface area contributed by atoms with Crippen molar-refractivity contribution < 1.29 is 18.4 Å². The molecule has 0 bridgehead atoms. The smallest absolute Gasteiger partial charge is 0.227 e. The van der Waals surface area contributed by atoms with Crippen molar-refractivity contribution in [2.75, 3.05) is 11.4 Å². The zero-order valence-corrected chi connectivity index (χ0v) is 14.7. The Bertz CT molecular complexity index is 828. The highest BCUT2D eigenvalue weighted by atomic mass is 79.9. The summed E-state index contributed by atoms with van der Waals surface area (Å²) in [6.07, 6.45) is 0.0183. The van der Waals surface area contributed by atoms with E-state index in [4.69, 9.17) is 0 Å². The van der Waals surface area contributed by atoms with Gasteiger partial charge in [0, 0.05) is 24.0 Å². The van der Waals surface area contributed by atoms with Crippen molar-refractivity contribution >= 4 is 33.4 Å². The lowest BCUT2D eigenvalue weighted by molar-refractivity contribution is -0.126. The number of hydrogen-bond donors (Lipinski definition) is 1. The van der Waals surface area contributed by atoms with Crippen LogP contribution in [0, 0.1) is 17.6 Å². The molecule has 1 aliphatic heterocycles. The number of carbonyl (C=O) groups excluding carboxylic acids is 2. The van der Waals surface area contributed by atoms with E-state index in [0.717, 1.165) is 0 Å². The van der Waals surface area contributed by atoms with Crippen LogP contribution in [-0.4, -0.2) is 18.4 Å². The summed E-state index contributed by atoms with van der Waals surface area (Å²) in [4.78, 5) is 25.8. The predicted molar refractivity (Wildman–Crippen MR) is 92.8 cm³/mol. The number of hydrogen-bond acceptors (Lipinski definition) is 2. The van der Waals surface area contributed by atoms with Gasteiger partial charge < -0.3 is 10.2 Å². The molecule has 3 rings (SSSR count). The molecule has 4 nitrogen and oxygen atoms in total. The first-order valence-electron chi connectivity index (χ1n) is 7.72. The number of nitrogens with one attached hydrogen (secondary N) is 1. The Balaban J connectivity index is 1.65. The molecule has 0 radical (unpaired) electrons. The molecule has 2 amide bonds. The fourth-order valence-electron chi connectivity index (χ4n) is 2.79. The monoisotopic (exact) mass is 408 g/mol. The van der Waals surface area contributed by atoms with Gasteiger partial charge >= 0.3 is 0 Å². The second-order valence-corrected chi connectivity index (χ2v) is 6.66. The van der Waals surface area contributed by atoms with Gasteiger partial charge in [-0.05, 0) is 35.9 Å². The maximum atomic E-state index is 13.9. The Hall–Kier alpha value is -2.28. The summed E-state index contributed by atoms with van der Waals surface area (Å²) in [7, 11) is 0. The number of anilines is 1. The fourth-order valence-corrected chi connectivity index (χ4v) is 3.18. The molecule has 7 heteroatoms. The van der Waals surface area contributed by atoms with E-state index in [1.54, 1.807) is 18.2 Å². The van der Waals surface area contributed by atoms with Gasteiger partial charge in [0.2, 0.25) is 11.8 Å². The quantitative estimate of drug-likeness (QED) is 0.842. The zero-order chi connectivity index (χ0) is 18.0. The molecule has 2 aromatic rings. The summed E-state index contributed by atoms with van der Waals surface area (Å²) in [5, 5.41) is 2.71. The van der Waals surface area contributed by atoms with Gasteiger partial charge in [0.1, 0.15) is 11.6 Å². The molecule has 0 aliphatic carbocycles. The molecule has 1 N–H and O–H groups in total. The van der Waals surface area contributed by atoms with Crippen LogP contribution in [0.15, 0.2) is 46.9 Å². The van der Waals surface area contributed by atoms with E-state index in [2.05, 4.69) is 21.2 Å². The molecule has 1 fully saturated rings. The third kappa shape index (κ3) is 3.87. The van der Waals surface area contributed by atoms with Crippen LogP contribution in [0.1, 0.15) is 12.0 Å². The van der Waals surface area contributed by atoms with Crippen LogP contribution < -0.4 is 10.2 Å². The van der Waals surface area contributed by atoms with Crippen molar-refractivity contribution in [1.29, 1.82) is 0 Å². The standard InChI is InChI=1S/C18H15BrF2N2O2/c19-14-6-5-13(20)7-11(14)9-22-18(25)12-8-17(24)23(10-12)16-4-2-1-3-15(16)21/h1-7,12H,8-10H2,(H,22,25). The van der Waals surface area contributed by atoms with E-state index in [-0.39, 0.29) is 37.0 Å². The van der Waals surface area contributed by atoms with Gasteiger partial charge in [-0.25, -0.2) is 8.78 Å². The molecular weight excluding hydrogens is 394 g/mol. The summed E-state index contributed by atoms with van der Waals surface area (Å²) >= 11 is 3.30. The highest BCUT2D eigenvalue weighted by Gasteiger charge is 2.36. The summed E-state index contributed by atoms with van der Waals surface area (Å²) in [6.45, 7) is 0.261. The SMILES string of the molecule is O=C(NCc1cc(F)ccc1Br)C1CC(=O)N(c2ccccc2F)C1. The fraction of sp³-hybridized carbons (Fsp3) is 0.222. The van der Waals surface area contributed by atoms with E-state index in [9.17, 15) is 18.4 Å². The third-order valence-corrected chi connectivity index (χ3v) is 4.87. The summed E-state index contributed by atoms with van der Waals surface area (Å²) in [5.74, 6) is -2.07. The Kier molecular flexibility index (Phi) is 5.13. The predicted octanol–water partition coefficient (Wildman–Crippen LogP) is 3.40. The van der Waals surface area contributed by atoms with Gasteiger partial charge in [-0.3, -0.25) is 9.59 Å². The number of benzene rings is 2. The topological polar surface area (TPSA) is 49.4 Å². The molecule has 0 spiro atoms. The van der Waals surface area contributed by atoms with Gasteiger partial charge in [-0.2, -0.15) is 0 Å². The Labute approximate surface area is 152 Å². The molecule has 1 saturated heterocycles. The summed E-state index contributed by atoms with van der Waals surface area (Å²) < 4.78 is 27.8. The Morgan fingerprint density at radius 2 is 2.00 bits per heavy atom. The van der Waals surface area contributed by atoms with Crippen molar-refractivity contribution in [3.05, 3.63) is 64.1 Å². The molecular formula is C18H15BrF2N2O2. The van der Waals surface area contributed by atoms with E-state index < -0.39 is 17.6 Å². The van der Waals surface area contributed by atoms with Crippen LogP contribution in [0.2, 0.25) is 0 Å². The number of rotatable bonds is 4. The van der Waals surface area contributed by atoms with Gasteiger partial charge in [0.25, 0.3) is 0 Å². The van der Waals surface area contributed by atoms with Crippen LogP contribution >= 0.6 is 15.9 Å². The van der Waals surface area contributed by atoms with Crippen molar-refractivity contribution in [3.8, 4) is 0 Å². The molecule has 1 atom stereocenters. The van der Waals surface area contributed by atoms with Gasteiger partial charge in [-0.1, -0.05) is 28.1 Å². The van der Waals surface area contributed by atoms with Crippen molar-refractivity contribution in [3.63, 3.8) is 0 Å². The first kappa shape index (κ1) is 17.5. The molecule has 130 valence electrons. The summed E-state index contributed by atoms with van der Waals surface area (Å²) in [5.41, 5.74) is 0.777. The van der Waals surface area contributed by atoms with Crippen LogP contribution in [0.3, 0.4) is 0 Å². The van der Waals surface area contributed by atoms with Gasteiger partial charge in [0.05, 0.1) is 11.6 Å². The molecule has 1 unspecified atom stereocenters. The van der Waals surface area contributed by atoms with Crippen LogP contribution in [-0.2, 0) is 16.1 Å². The molecule has 2 aromatic carbocycles. The Morgan fingerprint density at radius 1 is 1.24 bits per heavy atom. The minimum Gasteiger partial charge on any atom is -0.352 e. The maximum Gasteiger partial charge on any atom is 0.227 e. The molecule has 0 aromatic heterocycles. The average Bonchev–Trinajstić information content (AvgIpc) is 2.97. The lowest BCUT2D eigenvalue weighted by atomic mass is 10.1. The second kappa shape index (κ2) is 7.31. The first-order chi connectivity index (χ1) is 12.0. The first-order valence-corrected chi connectivity index (χ1v) is 8.51. The van der Waals surface area contributed by atoms with Crippen LogP contribution in [0.25, 0.3) is 0 Å². The maximum absolute atomic E-state index is 13.9. The largest absolute Gasteiger partial charge is 0.352 e. The van der Waals surface area contributed by atoms with E-state index in [0.29, 0.717) is 10.0 Å². The minimum absolute atomic E-state index is 0.0183. The number of amides is 2. The number of para-hydroxylation sites is 1. The second-order valence-electron chi connectivity index (χ2n) is 5.81. The molecule has 0 saturated carbocycles. The zero-order valence-electron chi connectivity index (χ0n) is 13.1. The van der Waals surface area contributed by atoms with Crippen molar-refractivity contribution in [2.45, 2.75) is 13.0 Å². The van der Waals surface area contributed by atoms with Gasteiger partial charge in [-0.15, -0.1) is 0 Å². The van der Waals surface area contributed by atoms with E-state index >= 15 is 0 Å². The number of nitrogens with zero attached hydrogens (tertiary/aromatic N) is 1. The van der Waals surface area contributed by atoms with E-state index in [1.165, 1.54) is 29.2 Å². The summed E-state index contributed by atoms with van der Waals surface area (Å²) in [6, 6.07) is 10.2. The lowest BCUT2D eigenvalue weighted by Crippen LogP contribution is -2.33. The molecule has 1 aliphatic rings. The Morgan fingerprint density at radius 3 is 2.76 bits per heavy atom. The number of halogens is 3. The minimum atomic E-state index is -0.570. The number of carbonyl (C=O) groups is 2. The lowest BCUT2D eigenvalue weighted by Gasteiger charge is -2.17. The van der Waals surface area contributed by atoms with Gasteiger partial charge in [0.15, 0.2) is 0 Å². The highest BCUT2D eigenvalue weighted by molar-refractivity contribution is 9.10. The average molecular weight is 409 g/mol. The highest BCUT2D eigenvalue weighted by Crippen LogP contribution is 2.27. The molecule has 25 heavy (non-hydrogen) atoms. The van der Waals surface area contributed by atoms with E-state index in [1.807, 2.05) is 0 Å². The normalized spacial score (nSPS) is 17.0. The van der Waals surface area contributed by atoms with Crippen LogP contribution in [0.5, 0.6) is 0 Å². The van der Waals surface area contributed by atoms with Crippen LogP contribution in [0.4, 0.5) is 14.5 Å². The third-order valence-electron chi connectivity index (χ3n) is 4.10. The van der Waals surface area contributed by atoms with Crippen molar-refractivity contribution in [2.24, 2.45) is 5.92 Å². The van der Waals surface area contributed by atoms with Crippen molar-refractivity contribution in [1.82, 2.24) is 5.32 Å². The molecule has 1 heterocycles.